The number of piperidine rings is 1. The van der Waals surface area contributed by atoms with E-state index in [9.17, 15) is 36.5 Å². The highest BCUT2D eigenvalue weighted by atomic mass is 19.4. The molecule has 4 rings (SSSR count). The predicted octanol–water partition coefficient (Wildman–Crippen LogP) is 6.16. The Hall–Kier alpha value is -2.74. The van der Waals surface area contributed by atoms with Crippen molar-refractivity contribution in [3.63, 3.8) is 0 Å². The van der Waals surface area contributed by atoms with Gasteiger partial charge in [0.25, 0.3) is 0 Å². The van der Waals surface area contributed by atoms with E-state index in [1.807, 2.05) is 17.0 Å². The van der Waals surface area contributed by atoms with Crippen molar-refractivity contribution in [2.45, 2.75) is 69.3 Å². The maximum absolute atomic E-state index is 13.4. The first-order valence-electron chi connectivity index (χ1n) is 12.3. The lowest BCUT2D eigenvalue weighted by Gasteiger charge is -2.50. The summed E-state index contributed by atoms with van der Waals surface area (Å²) in [5, 5.41) is 11.6. The second kappa shape index (κ2) is 11.0. The Labute approximate surface area is 220 Å². The molecule has 0 bridgehead atoms. The molecule has 0 saturated carbocycles. The van der Waals surface area contributed by atoms with Crippen molar-refractivity contribution in [3.8, 4) is 0 Å². The van der Waals surface area contributed by atoms with E-state index in [-0.39, 0.29) is 49.1 Å². The van der Waals surface area contributed by atoms with Crippen LogP contribution in [0.3, 0.4) is 0 Å². The van der Waals surface area contributed by atoms with Crippen LogP contribution in [0.25, 0.3) is 0 Å². The molecule has 0 unspecified atom stereocenters. The van der Waals surface area contributed by atoms with Crippen LogP contribution >= 0.6 is 0 Å². The van der Waals surface area contributed by atoms with Crippen LogP contribution in [-0.2, 0) is 32.1 Å². The first kappa shape index (κ1) is 29.2. The molecule has 2 aromatic carbocycles. The van der Waals surface area contributed by atoms with E-state index in [4.69, 9.17) is 14.2 Å². The molecule has 2 aromatic rings. The predicted molar refractivity (Wildman–Crippen MR) is 126 cm³/mol. The minimum absolute atomic E-state index is 0.0268. The summed E-state index contributed by atoms with van der Waals surface area (Å²) in [4.78, 5) is 13.1. The number of ether oxygens (including phenoxy) is 3. The zero-order chi connectivity index (χ0) is 28.6. The zero-order valence-electron chi connectivity index (χ0n) is 21.2. The van der Waals surface area contributed by atoms with Crippen molar-refractivity contribution in [1.29, 1.82) is 0 Å². The molecule has 0 aromatic heterocycles. The molecule has 0 N–H and O–H groups in total. The smallest absolute Gasteiger partial charge is 0.372 e. The van der Waals surface area contributed by atoms with Gasteiger partial charge in [0.2, 0.25) is 6.04 Å². The van der Waals surface area contributed by atoms with Gasteiger partial charge < -0.3 is 14.2 Å². The van der Waals surface area contributed by atoms with E-state index in [0.717, 1.165) is 5.56 Å². The molecule has 214 valence electrons. The van der Waals surface area contributed by atoms with Crippen LogP contribution in [0.15, 0.2) is 48.5 Å². The third-order valence-corrected chi connectivity index (χ3v) is 7.24. The summed E-state index contributed by atoms with van der Waals surface area (Å²) in [6.07, 6.45) is -11.8. The zero-order valence-corrected chi connectivity index (χ0v) is 21.2. The first-order valence-corrected chi connectivity index (χ1v) is 12.3. The quantitative estimate of drug-likeness (QED) is 0.218. The standard InChI is InChI=1S/C26H28F6N2O5/c1-16(18-10-20(25(27,28)29)12-21(11-18)26(30,31)32)37-15-24(19-6-4-3-5-7-19)9-8-22(34(35)36)13-33(24)14-23-38-17(2)39-23/h3-7,10-12,16-17,22-23H,8-9,13-15H2,1-2H3/t16-,17?,22+,23?,24-/m1/s1. The Kier molecular flexibility index (Phi) is 8.27. The third-order valence-electron chi connectivity index (χ3n) is 7.24. The van der Waals surface area contributed by atoms with Crippen LogP contribution in [-0.4, -0.2) is 48.1 Å². The molecule has 13 heteroatoms. The monoisotopic (exact) mass is 562 g/mol. The Bertz CT molecular complexity index is 1120. The van der Waals surface area contributed by atoms with Gasteiger partial charge >= 0.3 is 12.4 Å². The molecule has 2 saturated heterocycles. The Morgan fingerprint density at radius 1 is 1.08 bits per heavy atom. The summed E-state index contributed by atoms with van der Waals surface area (Å²) in [5.74, 6) is 0. The number of alkyl halides is 6. The van der Waals surface area contributed by atoms with Crippen molar-refractivity contribution >= 4 is 0 Å². The van der Waals surface area contributed by atoms with Crippen LogP contribution in [0.4, 0.5) is 26.3 Å². The van der Waals surface area contributed by atoms with Gasteiger partial charge in [0.1, 0.15) is 0 Å². The molecule has 2 heterocycles. The second-order valence-electron chi connectivity index (χ2n) is 9.84. The molecule has 0 spiro atoms. The molecule has 0 radical (unpaired) electrons. The summed E-state index contributed by atoms with van der Waals surface area (Å²) in [7, 11) is 0. The number of nitro groups is 1. The van der Waals surface area contributed by atoms with E-state index < -0.39 is 53.7 Å². The average Bonchev–Trinajstić information content (AvgIpc) is 2.86. The molecule has 2 aliphatic rings. The highest BCUT2D eigenvalue weighted by molar-refractivity contribution is 5.35. The van der Waals surface area contributed by atoms with Crippen molar-refractivity contribution in [2.24, 2.45) is 0 Å². The lowest BCUT2D eigenvalue weighted by atomic mass is 9.79. The van der Waals surface area contributed by atoms with Crippen molar-refractivity contribution < 1.29 is 45.5 Å². The van der Waals surface area contributed by atoms with Crippen LogP contribution in [0.1, 0.15) is 55.0 Å². The van der Waals surface area contributed by atoms with Gasteiger partial charge in [-0.15, -0.1) is 0 Å². The van der Waals surface area contributed by atoms with E-state index in [0.29, 0.717) is 12.1 Å². The molecule has 3 atom stereocenters. The second-order valence-corrected chi connectivity index (χ2v) is 9.84. The van der Waals surface area contributed by atoms with Gasteiger partial charge in [-0.05, 0) is 49.6 Å². The molecule has 39 heavy (non-hydrogen) atoms. The fraction of sp³-hybridized carbons (Fsp3) is 0.538. The fourth-order valence-electron chi connectivity index (χ4n) is 5.10. The van der Waals surface area contributed by atoms with Gasteiger partial charge in [0, 0.05) is 11.3 Å². The SMILES string of the molecule is CC1OC(CN2C[C@@H]([N+](=O)[O-])CC[C@@]2(CO[C@H](C)c2cc(C(F)(F)F)cc(C(F)(F)F)c2)c2ccccc2)O1. The molecule has 2 fully saturated rings. The Morgan fingerprint density at radius 2 is 1.67 bits per heavy atom. The van der Waals surface area contributed by atoms with E-state index >= 15 is 0 Å². The maximum Gasteiger partial charge on any atom is 0.416 e. The van der Waals surface area contributed by atoms with Gasteiger partial charge in [-0.25, -0.2) is 0 Å². The normalized spacial score (nSPS) is 27.1. The maximum atomic E-state index is 13.4. The average molecular weight is 563 g/mol. The minimum atomic E-state index is -4.99. The topological polar surface area (TPSA) is 74.1 Å². The number of rotatable bonds is 8. The molecule has 7 nitrogen and oxygen atoms in total. The van der Waals surface area contributed by atoms with E-state index in [2.05, 4.69) is 0 Å². The van der Waals surface area contributed by atoms with Gasteiger partial charge in [0.05, 0.1) is 42.5 Å². The van der Waals surface area contributed by atoms with Crippen molar-refractivity contribution in [2.75, 3.05) is 19.7 Å². The van der Waals surface area contributed by atoms with Crippen molar-refractivity contribution in [3.05, 3.63) is 80.9 Å². The van der Waals surface area contributed by atoms with Crippen LogP contribution in [0.5, 0.6) is 0 Å². The summed E-state index contributed by atoms with van der Waals surface area (Å²) >= 11 is 0. The number of nitrogens with zero attached hydrogens (tertiary/aromatic N) is 2. The van der Waals surface area contributed by atoms with E-state index in [1.165, 1.54) is 6.92 Å². The summed E-state index contributed by atoms with van der Waals surface area (Å²) in [6, 6.07) is 9.45. The van der Waals surface area contributed by atoms with Crippen LogP contribution in [0.2, 0.25) is 0 Å². The number of hydrogen-bond acceptors (Lipinski definition) is 6. The van der Waals surface area contributed by atoms with Gasteiger partial charge in [-0.2, -0.15) is 26.3 Å². The van der Waals surface area contributed by atoms with Crippen LogP contribution < -0.4 is 0 Å². The van der Waals surface area contributed by atoms with E-state index in [1.54, 1.807) is 25.1 Å². The van der Waals surface area contributed by atoms with Crippen LogP contribution in [0, 0.1) is 10.1 Å². The largest absolute Gasteiger partial charge is 0.416 e. The van der Waals surface area contributed by atoms with Gasteiger partial charge in [-0.1, -0.05) is 30.3 Å². The summed E-state index contributed by atoms with van der Waals surface area (Å²) in [6.45, 7) is 3.11. The molecule has 0 aliphatic carbocycles. The number of benzene rings is 2. The number of likely N-dealkylation sites (tertiary alicyclic amines) is 1. The highest BCUT2D eigenvalue weighted by Gasteiger charge is 2.49. The number of halogens is 6. The lowest BCUT2D eigenvalue weighted by Crippen LogP contribution is -2.61. The molecule has 2 aliphatic heterocycles. The summed E-state index contributed by atoms with van der Waals surface area (Å²) in [5.41, 5.74) is -3.37. The Balaban J connectivity index is 1.66. The number of hydrogen-bond donors (Lipinski definition) is 0. The van der Waals surface area contributed by atoms with Gasteiger partial charge in [0.15, 0.2) is 12.6 Å². The highest BCUT2D eigenvalue weighted by Crippen LogP contribution is 2.42. The van der Waals surface area contributed by atoms with Crippen molar-refractivity contribution in [1.82, 2.24) is 4.90 Å². The van der Waals surface area contributed by atoms with Gasteiger partial charge in [-0.3, -0.25) is 15.0 Å². The Morgan fingerprint density at radius 3 is 2.18 bits per heavy atom. The minimum Gasteiger partial charge on any atom is -0.372 e. The third kappa shape index (κ3) is 6.53. The molecule has 0 amide bonds. The lowest BCUT2D eigenvalue weighted by molar-refractivity contribution is -0.529. The molecular formula is C26H28F6N2O5. The fourth-order valence-corrected chi connectivity index (χ4v) is 5.10. The first-order chi connectivity index (χ1) is 18.2. The molecular weight excluding hydrogens is 534 g/mol. The summed E-state index contributed by atoms with van der Waals surface area (Å²) < 4.78 is 97.6.